The van der Waals surface area contributed by atoms with E-state index in [0.29, 0.717) is 24.1 Å². The van der Waals surface area contributed by atoms with Gasteiger partial charge in [-0.25, -0.2) is 4.98 Å². The summed E-state index contributed by atoms with van der Waals surface area (Å²) >= 11 is 0. The van der Waals surface area contributed by atoms with Crippen LogP contribution in [0.4, 0.5) is 4.39 Å². The fourth-order valence-electron chi connectivity index (χ4n) is 1.44. The molecule has 0 saturated heterocycles. The molecular formula is C10H9FN2O. The third kappa shape index (κ3) is 1.64. The lowest BCUT2D eigenvalue weighted by atomic mass is 10.0. The van der Waals surface area contributed by atoms with E-state index in [0.717, 1.165) is 0 Å². The molecule has 1 aliphatic rings. The van der Waals surface area contributed by atoms with Gasteiger partial charge in [0.05, 0.1) is 0 Å². The predicted molar refractivity (Wildman–Crippen MR) is 49.8 cm³/mol. The number of rotatable bonds is 1. The maximum absolute atomic E-state index is 13.2. The Morgan fingerprint density at radius 2 is 2.36 bits per heavy atom. The zero-order valence-electron chi connectivity index (χ0n) is 7.46. The van der Waals surface area contributed by atoms with E-state index in [4.69, 9.17) is 0 Å². The molecule has 3 nitrogen and oxygen atoms in total. The van der Waals surface area contributed by atoms with E-state index in [1.807, 2.05) is 0 Å². The van der Waals surface area contributed by atoms with Crippen molar-refractivity contribution < 1.29 is 9.18 Å². The number of amides is 1. The highest BCUT2D eigenvalue weighted by Gasteiger charge is 2.13. The van der Waals surface area contributed by atoms with Crippen LogP contribution in [0.15, 0.2) is 24.4 Å². The van der Waals surface area contributed by atoms with Gasteiger partial charge in [0.1, 0.15) is 0 Å². The maximum atomic E-state index is 13.2. The minimum atomic E-state index is -0.520. The van der Waals surface area contributed by atoms with E-state index in [1.165, 1.54) is 12.3 Å². The molecule has 0 saturated carbocycles. The Balaban J connectivity index is 2.40. The van der Waals surface area contributed by atoms with Crippen LogP contribution in [0.25, 0.3) is 5.57 Å². The highest BCUT2D eigenvalue weighted by Crippen LogP contribution is 2.20. The van der Waals surface area contributed by atoms with Gasteiger partial charge in [-0.2, -0.15) is 4.39 Å². The number of hydrogen-bond donors (Lipinski definition) is 1. The van der Waals surface area contributed by atoms with Crippen molar-refractivity contribution in [3.05, 3.63) is 35.9 Å². The molecule has 0 aliphatic carbocycles. The molecule has 0 bridgehead atoms. The molecule has 1 amide bonds. The van der Waals surface area contributed by atoms with E-state index in [9.17, 15) is 9.18 Å². The van der Waals surface area contributed by atoms with Crippen LogP contribution in [0.1, 0.15) is 12.0 Å². The predicted octanol–water partition coefficient (Wildman–Crippen LogP) is 1.12. The van der Waals surface area contributed by atoms with Gasteiger partial charge in [-0.1, -0.05) is 0 Å². The summed E-state index contributed by atoms with van der Waals surface area (Å²) < 4.78 is 13.2. The molecule has 0 spiro atoms. The highest BCUT2D eigenvalue weighted by atomic mass is 19.1. The van der Waals surface area contributed by atoms with Crippen LogP contribution in [0.3, 0.4) is 0 Å². The summed E-state index contributed by atoms with van der Waals surface area (Å²) in [7, 11) is 0. The van der Waals surface area contributed by atoms with Crippen molar-refractivity contribution in [2.24, 2.45) is 0 Å². The second-order valence-corrected chi connectivity index (χ2v) is 3.05. The van der Waals surface area contributed by atoms with Crippen molar-refractivity contribution in [3.8, 4) is 0 Å². The minimum Gasteiger partial charge on any atom is -0.352 e. The Morgan fingerprint density at radius 3 is 3.07 bits per heavy atom. The van der Waals surface area contributed by atoms with E-state index < -0.39 is 5.95 Å². The average Bonchev–Trinajstić information content (AvgIpc) is 2.18. The van der Waals surface area contributed by atoms with Gasteiger partial charge in [-0.15, -0.1) is 0 Å². The standard InChI is InChI=1S/C10H9FN2O/c11-10-8(2-1-4-13-10)7-3-5-12-9(14)6-7/h1-2,4,6H,3,5H2,(H,12,14). The van der Waals surface area contributed by atoms with Crippen molar-refractivity contribution in [1.82, 2.24) is 10.3 Å². The summed E-state index contributed by atoms with van der Waals surface area (Å²) in [5.41, 5.74) is 1.13. The second kappa shape index (κ2) is 3.57. The van der Waals surface area contributed by atoms with Crippen LogP contribution in [-0.4, -0.2) is 17.4 Å². The number of carbonyl (C=O) groups is 1. The highest BCUT2D eigenvalue weighted by molar-refractivity contribution is 5.96. The Bertz CT molecular complexity index is 401. The van der Waals surface area contributed by atoms with Crippen molar-refractivity contribution in [2.45, 2.75) is 6.42 Å². The van der Waals surface area contributed by atoms with E-state index in [1.54, 1.807) is 12.1 Å². The van der Waals surface area contributed by atoms with Crippen molar-refractivity contribution >= 4 is 11.5 Å². The second-order valence-electron chi connectivity index (χ2n) is 3.05. The molecule has 1 aromatic rings. The third-order valence-electron chi connectivity index (χ3n) is 2.10. The molecule has 1 N–H and O–H groups in total. The van der Waals surface area contributed by atoms with Crippen molar-refractivity contribution in [2.75, 3.05) is 6.54 Å². The van der Waals surface area contributed by atoms with Gasteiger partial charge >= 0.3 is 0 Å². The lowest BCUT2D eigenvalue weighted by Crippen LogP contribution is -2.26. The normalized spacial score (nSPS) is 16.1. The van der Waals surface area contributed by atoms with Crippen LogP contribution in [0.2, 0.25) is 0 Å². The minimum absolute atomic E-state index is 0.172. The molecule has 0 aromatic carbocycles. The maximum Gasteiger partial charge on any atom is 0.244 e. The lowest BCUT2D eigenvalue weighted by Gasteiger charge is -2.13. The molecule has 2 rings (SSSR count). The molecule has 1 aromatic heterocycles. The first-order valence-electron chi connectivity index (χ1n) is 4.36. The van der Waals surface area contributed by atoms with Crippen molar-refractivity contribution in [1.29, 1.82) is 0 Å². The van der Waals surface area contributed by atoms with Gasteiger partial charge in [0.25, 0.3) is 0 Å². The Hall–Kier alpha value is -1.71. The molecular weight excluding hydrogens is 183 g/mol. The molecule has 0 fully saturated rings. The van der Waals surface area contributed by atoms with Gasteiger partial charge in [-0.05, 0) is 24.1 Å². The van der Waals surface area contributed by atoms with Gasteiger partial charge in [0, 0.05) is 24.4 Å². The SMILES string of the molecule is O=C1C=C(c2cccnc2F)CCN1. The topological polar surface area (TPSA) is 42.0 Å². The molecule has 0 atom stereocenters. The fourth-order valence-corrected chi connectivity index (χ4v) is 1.44. The smallest absolute Gasteiger partial charge is 0.244 e. The van der Waals surface area contributed by atoms with Crippen LogP contribution in [-0.2, 0) is 4.79 Å². The summed E-state index contributed by atoms with van der Waals surface area (Å²) in [6.07, 6.45) is 3.46. The number of nitrogens with zero attached hydrogens (tertiary/aromatic N) is 1. The van der Waals surface area contributed by atoms with Gasteiger partial charge in [-0.3, -0.25) is 4.79 Å². The van der Waals surface area contributed by atoms with Crippen LogP contribution in [0.5, 0.6) is 0 Å². The zero-order valence-corrected chi connectivity index (χ0v) is 7.46. The Kier molecular flexibility index (Phi) is 2.26. The number of pyridine rings is 1. The summed E-state index contributed by atoms with van der Waals surface area (Å²) in [6.45, 7) is 0.555. The number of hydrogen-bond acceptors (Lipinski definition) is 2. The largest absolute Gasteiger partial charge is 0.352 e. The van der Waals surface area contributed by atoms with Crippen molar-refractivity contribution in [3.63, 3.8) is 0 Å². The van der Waals surface area contributed by atoms with E-state index in [-0.39, 0.29) is 5.91 Å². The van der Waals surface area contributed by atoms with Gasteiger partial charge < -0.3 is 5.32 Å². The van der Waals surface area contributed by atoms with Crippen LogP contribution >= 0.6 is 0 Å². The number of aromatic nitrogens is 1. The van der Waals surface area contributed by atoms with Crippen LogP contribution < -0.4 is 5.32 Å². The first-order valence-corrected chi connectivity index (χ1v) is 4.36. The fraction of sp³-hybridized carbons (Fsp3) is 0.200. The Labute approximate surface area is 80.7 Å². The first-order chi connectivity index (χ1) is 6.77. The first kappa shape index (κ1) is 8.87. The summed E-state index contributed by atoms with van der Waals surface area (Å²) in [6, 6.07) is 3.29. The molecule has 72 valence electrons. The average molecular weight is 192 g/mol. The number of carbonyl (C=O) groups excluding carboxylic acids is 1. The summed E-state index contributed by atoms with van der Waals surface area (Å²) in [4.78, 5) is 14.6. The summed E-state index contributed by atoms with van der Waals surface area (Å²) in [5, 5.41) is 2.64. The van der Waals surface area contributed by atoms with E-state index >= 15 is 0 Å². The van der Waals surface area contributed by atoms with Crippen LogP contribution in [0, 0.1) is 5.95 Å². The molecule has 4 heteroatoms. The zero-order chi connectivity index (χ0) is 9.97. The molecule has 0 unspecified atom stereocenters. The van der Waals surface area contributed by atoms with Gasteiger partial charge in [0.15, 0.2) is 0 Å². The molecule has 14 heavy (non-hydrogen) atoms. The third-order valence-corrected chi connectivity index (χ3v) is 2.10. The number of halogens is 1. The molecule has 1 aliphatic heterocycles. The Morgan fingerprint density at radius 1 is 1.50 bits per heavy atom. The number of nitrogens with one attached hydrogen (secondary N) is 1. The quantitative estimate of drug-likeness (QED) is 0.677. The van der Waals surface area contributed by atoms with E-state index in [2.05, 4.69) is 10.3 Å². The monoisotopic (exact) mass is 192 g/mol. The summed E-state index contributed by atoms with van der Waals surface area (Å²) in [5.74, 6) is -0.692. The molecule has 0 radical (unpaired) electrons. The molecule has 2 heterocycles. The lowest BCUT2D eigenvalue weighted by molar-refractivity contribution is -0.116. The van der Waals surface area contributed by atoms with Gasteiger partial charge in [0.2, 0.25) is 11.9 Å².